The van der Waals surface area contributed by atoms with Crippen molar-refractivity contribution in [3.8, 4) is 11.8 Å². The summed E-state index contributed by atoms with van der Waals surface area (Å²) in [4.78, 5) is 0. The minimum atomic E-state index is 0.491. The summed E-state index contributed by atoms with van der Waals surface area (Å²) in [6.07, 6.45) is 4.21. The van der Waals surface area contributed by atoms with Crippen molar-refractivity contribution in [3.63, 3.8) is 0 Å². The van der Waals surface area contributed by atoms with E-state index >= 15 is 0 Å². The molecule has 0 N–H and O–H groups in total. The first-order chi connectivity index (χ1) is 6.07. The lowest BCUT2D eigenvalue weighted by Gasteiger charge is -2.13. The molecule has 0 nitrogen and oxygen atoms in total. The molecular formula is C13H22. The maximum Gasteiger partial charge on any atom is 0.0228 e. The van der Waals surface area contributed by atoms with E-state index in [4.69, 9.17) is 0 Å². The lowest BCUT2D eigenvalue weighted by atomic mass is 9.91. The Bertz CT molecular complexity index is 188. The molecule has 0 fully saturated rings. The molecule has 1 atom stereocenters. The molecule has 0 aromatic heterocycles. The molecule has 0 spiro atoms. The summed E-state index contributed by atoms with van der Waals surface area (Å²) in [5.74, 6) is 8.30. The largest absolute Gasteiger partial charge is 0.103 e. The molecule has 13 heavy (non-hydrogen) atoms. The summed E-state index contributed by atoms with van der Waals surface area (Å²) < 4.78 is 0. The molecule has 0 rings (SSSR count). The normalized spacial score (nSPS) is 12.5. The Balaban J connectivity index is 4.11. The first-order valence-corrected chi connectivity index (χ1v) is 5.19. The summed E-state index contributed by atoms with van der Waals surface area (Å²) in [7, 11) is 0. The molecule has 0 aliphatic rings. The molecular weight excluding hydrogens is 156 g/mol. The average Bonchev–Trinajstić information content (AvgIpc) is 2.03. The van der Waals surface area contributed by atoms with Crippen LogP contribution in [0.3, 0.4) is 0 Å². The van der Waals surface area contributed by atoms with E-state index in [0.717, 1.165) is 12.8 Å². The Morgan fingerprint density at radius 3 is 2.15 bits per heavy atom. The van der Waals surface area contributed by atoms with Gasteiger partial charge in [0.2, 0.25) is 0 Å². The van der Waals surface area contributed by atoms with Gasteiger partial charge in [-0.15, -0.1) is 12.5 Å². The SMILES string of the molecule is C=CCCC(C#CC(C)C)C(C)C. The van der Waals surface area contributed by atoms with Gasteiger partial charge in [-0.2, -0.15) is 0 Å². The van der Waals surface area contributed by atoms with Crippen molar-refractivity contribution in [3.05, 3.63) is 12.7 Å². The molecule has 0 aliphatic carbocycles. The third kappa shape index (κ3) is 6.46. The summed E-state index contributed by atoms with van der Waals surface area (Å²) in [6, 6.07) is 0. The van der Waals surface area contributed by atoms with E-state index in [-0.39, 0.29) is 0 Å². The van der Waals surface area contributed by atoms with Crippen LogP contribution in [0.15, 0.2) is 12.7 Å². The molecule has 0 heteroatoms. The lowest BCUT2D eigenvalue weighted by molar-refractivity contribution is 0.453. The van der Waals surface area contributed by atoms with Crippen LogP contribution in [0.1, 0.15) is 40.5 Å². The van der Waals surface area contributed by atoms with Crippen molar-refractivity contribution in [2.75, 3.05) is 0 Å². The second-order valence-corrected chi connectivity index (χ2v) is 4.16. The van der Waals surface area contributed by atoms with Crippen LogP contribution < -0.4 is 0 Å². The first-order valence-electron chi connectivity index (χ1n) is 5.19. The van der Waals surface area contributed by atoms with Gasteiger partial charge in [-0.1, -0.05) is 39.7 Å². The van der Waals surface area contributed by atoms with E-state index in [9.17, 15) is 0 Å². The second kappa shape index (κ2) is 6.78. The van der Waals surface area contributed by atoms with Gasteiger partial charge in [0.25, 0.3) is 0 Å². The van der Waals surface area contributed by atoms with Crippen LogP contribution in [0.25, 0.3) is 0 Å². The van der Waals surface area contributed by atoms with Crippen molar-refractivity contribution in [1.82, 2.24) is 0 Å². The Labute approximate surface area is 83.4 Å². The standard InChI is InChI=1S/C13H22/c1-6-7-8-13(12(4)5)10-9-11(2)3/h6,11-13H,1,7-8H2,2-5H3. The highest BCUT2D eigenvalue weighted by Crippen LogP contribution is 2.16. The van der Waals surface area contributed by atoms with Gasteiger partial charge in [0, 0.05) is 11.8 Å². The molecule has 1 unspecified atom stereocenters. The van der Waals surface area contributed by atoms with E-state index in [0.29, 0.717) is 17.8 Å². The van der Waals surface area contributed by atoms with Crippen LogP contribution >= 0.6 is 0 Å². The Morgan fingerprint density at radius 1 is 1.15 bits per heavy atom. The summed E-state index contributed by atoms with van der Waals surface area (Å²) >= 11 is 0. The van der Waals surface area contributed by atoms with Crippen molar-refractivity contribution in [1.29, 1.82) is 0 Å². The molecule has 0 aliphatic heterocycles. The van der Waals surface area contributed by atoms with Crippen LogP contribution in [-0.2, 0) is 0 Å². The maximum atomic E-state index is 3.74. The van der Waals surface area contributed by atoms with Gasteiger partial charge in [-0.25, -0.2) is 0 Å². The van der Waals surface area contributed by atoms with Crippen LogP contribution in [0.5, 0.6) is 0 Å². The number of hydrogen-bond donors (Lipinski definition) is 0. The topological polar surface area (TPSA) is 0 Å². The molecule has 0 aromatic carbocycles. The van der Waals surface area contributed by atoms with Gasteiger partial charge in [-0.05, 0) is 18.8 Å². The molecule has 0 aromatic rings. The van der Waals surface area contributed by atoms with Gasteiger partial charge >= 0.3 is 0 Å². The van der Waals surface area contributed by atoms with E-state index in [1.807, 2.05) is 6.08 Å². The fraction of sp³-hybridized carbons (Fsp3) is 0.692. The van der Waals surface area contributed by atoms with Crippen molar-refractivity contribution in [2.24, 2.45) is 17.8 Å². The van der Waals surface area contributed by atoms with Gasteiger partial charge in [0.15, 0.2) is 0 Å². The van der Waals surface area contributed by atoms with E-state index in [1.54, 1.807) is 0 Å². The molecule has 0 saturated carbocycles. The lowest BCUT2D eigenvalue weighted by Crippen LogP contribution is -2.05. The van der Waals surface area contributed by atoms with Crippen LogP contribution in [0.2, 0.25) is 0 Å². The second-order valence-electron chi connectivity index (χ2n) is 4.16. The van der Waals surface area contributed by atoms with Gasteiger partial charge in [0.1, 0.15) is 0 Å². The zero-order valence-electron chi connectivity index (χ0n) is 9.43. The van der Waals surface area contributed by atoms with Gasteiger partial charge in [0.05, 0.1) is 0 Å². The average molecular weight is 178 g/mol. The Kier molecular flexibility index (Phi) is 6.41. The molecule has 74 valence electrons. The molecule has 0 heterocycles. The summed E-state index contributed by atoms with van der Waals surface area (Å²) in [6.45, 7) is 12.5. The predicted molar refractivity (Wildman–Crippen MR) is 60.4 cm³/mol. The van der Waals surface area contributed by atoms with Crippen molar-refractivity contribution >= 4 is 0 Å². The molecule has 0 saturated heterocycles. The zero-order valence-corrected chi connectivity index (χ0v) is 9.43. The highest BCUT2D eigenvalue weighted by atomic mass is 14.1. The monoisotopic (exact) mass is 178 g/mol. The van der Waals surface area contributed by atoms with E-state index in [2.05, 4.69) is 46.1 Å². The maximum absolute atomic E-state index is 3.74. The van der Waals surface area contributed by atoms with Crippen molar-refractivity contribution < 1.29 is 0 Å². The highest BCUT2D eigenvalue weighted by molar-refractivity contribution is 5.06. The zero-order chi connectivity index (χ0) is 10.3. The molecule has 0 amide bonds. The fourth-order valence-corrected chi connectivity index (χ4v) is 1.14. The number of hydrogen-bond acceptors (Lipinski definition) is 0. The summed E-state index contributed by atoms with van der Waals surface area (Å²) in [5.41, 5.74) is 0. The van der Waals surface area contributed by atoms with Crippen molar-refractivity contribution in [2.45, 2.75) is 40.5 Å². The smallest absolute Gasteiger partial charge is 0.0228 e. The Hall–Kier alpha value is -0.700. The summed E-state index contributed by atoms with van der Waals surface area (Å²) in [5, 5.41) is 0. The minimum Gasteiger partial charge on any atom is -0.103 e. The number of allylic oxidation sites excluding steroid dienone is 1. The van der Waals surface area contributed by atoms with Gasteiger partial charge < -0.3 is 0 Å². The van der Waals surface area contributed by atoms with E-state index in [1.165, 1.54) is 0 Å². The first kappa shape index (κ1) is 12.3. The third-order valence-electron chi connectivity index (χ3n) is 2.04. The quantitative estimate of drug-likeness (QED) is 0.452. The third-order valence-corrected chi connectivity index (χ3v) is 2.04. The van der Waals surface area contributed by atoms with Crippen LogP contribution in [-0.4, -0.2) is 0 Å². The van der Waals surface area contributed by atoms with E-state index < -0.39 is 0 Å². The molecule has 0 radical (unpaired) electrons. The molecule has 0 bridgehead atoms. The van der Waals surface area contributed by atoms with Crippen LogP contribution in [0, 0.1) is 29.6 Å². The van der Waals surface area contributed by atoms with Gasteiger partial charge in [-0.3, -0.25) is 0 Å². The minimum absolute atomic E-state index is 0.491. The Morgan fingerprint density at radius 2 is 1.77 bits per heavy atom. The predicted octanol–water partition coefficient (Wildman–Crippen LogP) is 3.88. The number of rotatable bonds is 4. The highest BCUT2D eigenvalue weighted by Gasteiger charge is 2.08. The fourth-order valence-electron chi connectivity index (χ4n) is 1.14. The van der Waals surface area contributed by atoms with Crippen LogP contribution in [0.4, 0.5) is 0 Å².